The Morgan fingerprint density at radius 1 is 0.962 bits per heavy atom. The molecule has 2 aromatic heterocycles. The molecule has 0 atom stereocenters. The van der Waals surface area contributed by atoms with E-state index in [1.807, 2.05) is 36.4 Å². The largest absolute Gasteiger partial charge is 0.270 e. The monoisotopic (exact) mass is 538 g/mol. The summed E-state index contributed by atoms with van der Waals surface area (Å²) in [4.78, 5) is 4.65. The van der Waals surface area contributed by atoms with Gasteiger partial charge in [-0.25, -0.2) is 17.4 Å². The van der Waals surface area contributed by atoms with Gasteiger partial charge in [0.1, 0.15) is 3.70 Å². The molecule has 4 nitrogen and oxygen atoms in total. The summed E-state index contributed by atoms with van der Waals surface area (Å²) in [7, 11) is -3.76. The summed E-state index contributed by atoms with van der Waals surface area (Å²) in [5.74, 6) is 0. The predicted molar refractivity (Wildman–Crippen MR) is 115 cm³/mol. The zero-order valence-corrected chi connectivity index (χ0v) is 17.9. The molecule has 0 saturated carbocycles. The molecule has 4 aromatic rings. The van der Waals surface area contributed by atoms with Crippen LogP contribution in [0.3, 0.4) is 0 Å². The first-order valence-electron chi connectivity index (χ1n) is 7.71. The van der Waals surface area contributed by atoms with Gasteiger partial charge in [-0.15, -0.1) is 0 Å². The van der Waals surface area contributed by atoms with Crippen molar-refractivity contribution in [2.75, 3.05) is 0 Å². The summed E-state index contributed by atoms with van der Waals surface area (Å²) in [6.07, 6.45) is 1.62. The van der Waals surface area contributed by atoms with E-state index in [-0.39, 0.29) is 4.90 Å². The first-order valence-corrected chi connectivity index (χ1v) is 11.0. The van der Waals surface area contributed by atoms with Crippen LogP contribution in [-0.4, -0.2) is 17.4 Å². The summed E-state index contributed by atoms with van der Waals surface area (Å²) in [6, 6.07) is 20.1. The van der Waals surface area contributed by atoms with E-state index in [0.29, 0.717) is 9.35 Å². The highest BCUT2D eigenvalue weighted by Gasteiger charge is 2.27. The van der Waals surface area contributed by atoms with E-state index >= 15 is 0 Å². The fourth-order valence-corrected chi connectivity index (χ4v) is 6.21. The van der Waals surface area contributed by atoms with Gasteiger partial charge in [-0.05, 0) is 62.3 Å². The van der Waals surface area contributed by atoms with Gasteiger partial charge in [-0.2, -0.15) is 0 Å². The zero-order valence-electron chi connectivity index (χ0n) is 13.3. The Kier molecular flexibility index (Phi) is 4.62. The van der Waals surface area contributed by atoms with Crippen molar-refractivity contribution in [2.45, 2.75) is 4.90 Å². The van der Waals surface area contributed by atoms with Gasteiger partial charge in [0, 0.05) is 21.6 Å². The van der Waals surface area contributed by atoms with Gasteiger partial charge in [0.15, 0.2) is 5.65 Å². The molecule has 7 heteroatoms. The highest BCUT2D eigenvalue weighted by molar-refractivity contribution is 14.1. The molecule has 0 aliphatic carbocycles. The van der Waals surface area contributed by atoms with Crippen molar-refractivity contribution in [2.24, 2.45) is 0 Å². The number of rotatable bonds is 3. The van der Waals surface area contributed by atoms with Gasteiger partial charge in [0.25, 0.3) is 10.0 Å². The Hall–Kier alpha value is -1.71. The SMILES string of the molecule is O=S(=O)(c1ccccc1)n1c(I)c(-c2ccccc2)c2cc(Br)cnc21. The average Bonchev–Trinajstić information content (AvgIpc) is 2.95. The third-order valence-corrected chi connectivity index (χ3v) is 7.51. The maximum atomic E-state index is 13.3. The topological polar surface area (TPSA) is 52.0 Å². The van der Waals surface area contributed by atoms with Gasteiger partial charge >= 0.3 is 0 Å². The Labute approximate surface area is 173 Å². The van der Waals surface area contributed by atoms with Gasteiger partial charge in [0.05, 0.1) is 4.90 Å². The molecule has 0 fully saturated rings. The maximum absolute atomic E-state index is 13.3. The van der Waals surface area contributed by atoms with E-state index in [1.165, 1.54) is 3.97 Å². The summed E-state index contributed by atoms with van der Waals surface area (Å²) in [6.45, 7) is 0. The van der Waals surface area contributed by atoms with Crippen molar-refractivity contribution in [1.82, 2.24) is 8.96 Å². The van der Waals surface area contributed by atoms with Crippen molar-refractivity contribution < 1.29 is 8.42 Å². The minimum Gasteiger partial charge on any atom is -0.236 e. The normalized spacial score (nSPS) is 11.8. The van der Waals surface area contributed by atoms with Gasteiger partial charge in [-0.1, -0.05) is 48.5 Å². The highest BCUT2D eigenvalue weighted by atomic mass is 127. The highest BCUT2D eigenvalue weighted by Crippen LogP contribution is 2.38. The van der Waals surface area contributed by atoms with Crippen LogP contribution >= 0.6 is 38.5 Å². The van der Waals surface area contributed by atoms with E-state index in [1.54, 1.807) is 36.5 Å². The van der Waals surface area contributed by atoms with E-state index in [2.05, 4.69) is 43.5 Å². The summed E-state index contributed by atoms with van der Waals surface area (Å²) in [5.41, 5.74) is 2.22. The molecule has 0 unspecified atom stereocenters. The Balaban J connectivity index is 2.11. The minimum absolute atomic E-state index is 0.235. The Bertz CT molecular complexity index is 1210. The number of nitrogens with zero attached hydrogens (tertiary/aromatic N) is 2. The van der Waals surface area contributed by atoms with E-state index in [9.17, 15) is 8.42 Å². The van der Waals surface area contributed by atoms with Crippen molar-refractivity contribution in [3.8, 4) is 11.1 Å². The van der Waals surface area contributed by atoms with Gasteiger partial charge < -0.3 is 0 Å². The van der Waals surface area contributed by atoms with Crippen LogP contribution in [0.4, 0.5) is 0 Å². The zero-order chi connectivity index (χ0) is 18.3. The van der Waals surface area contributed by atoms with Crippen LogP contribution in [0.25, 0.3) is 22.2 Å². The van der Waals surface area contributed by atoms with Crippen LogP contribution < -0.4 is 0 Å². The van der Waals surface area contributed by atoms with Gasteiger partial charge in [0.2, 0.25) is 0 Å². The third-order valence-electron chi connectivity index (χ3n) is 4.02. The number of pyridine rings is 1. The van der Waals surface area contributed by atoms with Crippen LogP contribution in [0.2, 0.25) is 0 Å². The maximum Gasteiger partial charge on any atom is 0.270 e. The molecule has 0 saturated heterocycles. The standard InChI is InChI=1S/C19H12BrIN2O2S/c20-14-11-16-17(13-7-3-1-4-8-13)18(21)23(19(16)22-12-14)26(24,25)15-9-5-2-6-10-15/h1-12H. The lowest BCUT2D eigenvalue weighted by Gasteiger charge is -2.09. The predicted octanol–water partition coefficient (Wildman–Crippen LogP) is 5.31. The fourth-order valence-electron chi connectivity index (χ4n) is 2.88. The molecule has 130 valence electrons. The molecule has 0 bridgehead atoms. The van der Waals surface area contributed by atoms with Crippen LogP contribution in [0.5, 0.6) is 0 Å². The average molecular weight is 539 g/mol. The molecule has 0 amide bonds. The van der Waals surface area contributed by atoms with Crippen LogP contribution in [0.15, 0.2) is 82.3 Å². The number of hydrogen-bond acceptors (Lipinski definition) is 3. The molecule has 0 spiro atoms. The second-order valence-electron chi connectivity index (χ2n) is 5.64. The molecular formula is C19H12BrIN2O2S. The number of fused-ring (bicyclic) bond motifs is 1. The molecule has 0 N–H and O–H groups in total. The second-order valence-corrected chi connectivity index (χ2v) is 9.36. The van der Waals surface area contributed by atoms with Crippen molar-refractivity contribution >= 4 is 59.6 Å². The quantitative estimate of drug-likeness (QED) is 0.332. The van der Waals surface area contributed by atoms with Crippen LogP contribution in [0.1, 0.15) is 0 Å². The molecule has 2 heterocycles. The summed E-state index contributed by atoms with van der Waals surface area (Å²) >= 11 is 5.53. The first kappa shape index (κ1) is 17.7. The number of hydrogen-bond donors (Lipinski definition) is 0. The van der Waals surface area contributed by atoms with Crippen molar-refractivity contribution in [3.63, 3.8) is 0 Å². The Morgan fingerprint density at radius 3 is 2.23 bits per heavy atom. The van der Waals surface area contributed by atoms with E-state index in [0.717, 1.165) is 21.0 Å². The first-order chi connectivity index (χ1) is 12.5. The second kappa shape index (κ2) is 6.79. The van der Waals surface area contributed by atoms with Gasteiger partial charge in [-0.3, -0.25) is 0 Å². The lowest BCUT2D eigenvalue weighted by atomic mass is 10.1. The third kappa shape index (κ3) is 2.87. The molecular weight excluding hydrogens is 527 g/mol. The van der Waals surface area contributed by atoms with E-state index in [4.69, 9.17) is 0 Å². The van der Waals surface area contributed by atoms with Crippen molar-refractivity contribution in [3.05, 3.63) is 81.1 Å². The molecule has 0 radical (unpaired) electrons. The fraction of sp³-hybridized carbons (Fsp3) is 0. The lowest BCUT2D eigenvalue weighted by molar-refractivity contribution is 0.588. The molecule has 0 aliphatic heterocycles. The Morgan fingerprint density at radius 2 is 1.58 bits per heavy atom. The smallest absolute Gasteiger partial charge is 0.236 e. The van der Waals surface area contributed by atoms with E-state index < -0.39 is 10.0 Å². The van der Waals surface area contributed by atoms with Crippen molar-refractivity contribution in [1.29, 1.82) is 0 Å². The number of benzene rings is 2. The summed E-state index contributed by atoms with van der Waals surface area (Å²) < 4.78 is 29.3. The molecule has 26 heavy (non-hydrogen) atoms. The molecule has 4 rings (SSSR count). The number of aromatic nitrogens is 2. The molecule has 0 aliphatic rings. The van der Waals surface area contributed by atoms with Crippen LogP contribution in [-0.2, 0) is 10.0 Å². The lowest BCUT2D eigenvalue weighted by Crippen LogP contribution is -2.15. The number of halogens is 2. The van der Waals surface area contributed by atoms with Crippen LogP contribution in [0, 0.1) is 3.70 Å². The molecule has 2 aromatic carbocycles. The summed E-state index contributed by atoms with van der Waals surface area (Å²) in [5, 5.41) is 0.787. The minimum atomic E-state index is -3.76.